The second-order valence-electron chi connectivity index (χ2n) is 5.15. The molecule has 2 rings (SSSR count). The van der Waals surface area contributed by atoms with Gasteiger partial charge in [0.05, 0.1) is 16.3 Å². The van der Waals surface area contributed by atoms with E-state index >= 15 is 0 Å². The molecule has 0 amide bonds. The molecule has 1 aliphatic rings. The molecule has 0 aliphatic carbocycles. The van der Waals surface area contributed by atoms with Crippen LogP contribution < -0.4 is 5.43 Å². The van der Waals surface area contributed by atoms with Crippen LogP contribution in [0, 0.1) is 0 Å². The largest absolute Gasteiger partial charge is 0.478 e. The molecular weight excluding hydrogens is 264 g/mol. The first-order chi connectivity index (χ1) is 8.99. The van der Waals surface area contributed by atoms with Gasteiger partial charge in [-0.15, -0.1) is 0 Å². The Bertz CT molecular complexity index is 469. The zero-order valence-electron chi connectivity index (χ0n) is 11.2. The van der Waals surface area contributed by atoms with Crippen molar-refractivity contribution in [3.05, 3.63) is 28.8 Å². The highest BCUT2D eigenvalue weighted by atomic mass is 35.5. The molecule has 4 nitrogen and oxygen atoms in total. The van der Waals surface area contributed by atoms with Crippen molar-refractivity contribution in [3.8, 4) is 0 Å². The number of nitrogens with zero attached hydrogens (tertiary/aromatic N) is 1. The standard InChI is InChI=1S/C14H19ClN2O2/c1-9-4-3-5-10(2)17(9)16-11-6-7-12(14(18)19)13(15)8-11/h6-10,16H,3-5H2,1-2H3,(H,18,19). The summed E-state index contributed by atoms with van der Waals surface area (Å²) in [5, 5.41) is 11.4. The van der Waals surface area contributed by atoms with Gasteiger partial charge in [0.1, 0.15) is 0 Å². The maximum Gasteiger partial charge on any atom is 0.337 e. The topological polar surface area (TPSA) is 52.6 Å². The highest BCUT2D eigenvalue weighted by Crippen LogP contribution is 2.26. The first-order valence-corrected chi connectivity index (χ1v) is 6.94. The van der Waals surface area contributed by atoms with E-state index in [1.54, 1.807) is 12.1 Å². The lowest BCUT2D eigenvalue weighted by atomic mass is 10.00. The summed E-state index contributed by atoms with van der Waals surface area (Å²) in [4.78, 5) is 10.9. The van der Waals surface area contributed by atoms with Crippen molar-refractivity contribution in [1.82, 2.24) is 5.01 Å². The minimum absolute atomic E-state index is 0.131. The number of hydrazine groups is 1. The Balaban J connectivity index is 2.14. The number of carbonyl (C=O) groups is 1. The van der Waals surface area contributed by atoms with Gasteiger partial charge in [0.2, 0.25) is 0 Å². The number of nitrogens with one attached hydrogen (secondary N) is 1. The van der Waals surface area contributed by atoms with Crippen molar-refractivity contribution >= 4 is 23.3 Å². The van der Waals surface area contributed by atoms with Gasteiger partial charge in [0, 0.05) is 12.1 Å². The van der Waals surface area contributed by atoms with Crippen LogP contribution in [0.2, 0.25) is 5.02 Å². The number of benzene rings is 1. The van der Waals surface area contributed by atoms with Crippen molar-refractivity contribution in [3.63, 3.8) is 0 Å². The third-order valence-corrected chi connectivity index (χ3v) is 3.96. The van der Waals surface area contributed by atoms with Crippen molar-refractivity contribution in [2.24, 2.45) is 0 Å². The predicted octanol–water partition coefficient (Wildman–Crippen LogP) is 3.63. The minimum Gasteiger partial charge on any atom is -0.478 e. The Morgan fingerprint density at radius 3 is 2.53 bits per heavy atom. The average molecular weight is 283 g/mol. The van der Waals surface area contributed by atoms with Crippen LogP contribution in [0.3, 0.4) is 0 Å². The van der Waals surface area contributed by atoms with E-state index in [-0.39, 0.29) is 10.6 Å². The fourth-order valence-corrected chi connectivity index (χ4v) is 2.81. The van der Waals surface area contributed by atoms with Crippen LogP contribution in [-0.2, 0) is 0 Å². The van der Waals surface area contributed by atoms with Gasteiger partial charge < -0.3 is 10.5 Å². The second kappa shape index (κ2) is 5.80. The van der Waals surface area contributed by atoms with Crippen LogP contribution in [0.4, 0.5) is 5.69 Å². The molecule has 5 heteroatoms. The molecule has 1 heterocycles. The van der Waals surface area contributed by atoms with E-state index in [1.807, 2.05) is 0 Å². The summed E-state index contributed by atoms with van der Waals surface area (Å²) in [6.07, 6.45) is 3.58. The quantitative estimate of drug-likeness (QED) is 0.889. The van der Waals surface area contributed by atoms with Crippen LogP contribution in [0.15, 0.2) is 18.2 Å². The van der Waals surface area contributed by atoms with Crippen molar-refractivity contribution < 1.29 is 9.90 Å². The number of hydrogen-bond acceptors (Lipinski definition) is 3. The monoisotopic (exact) mass is 282 g/mol. The van der Waals surface area contributed by atoms with Gasteiger partial charge in [-0.05, 0) is 44.9 Å². The third kappa shape index (κ3) is 3.19. The molecule has 1 saturated heterocycles. The van der Waals surface area contributed by atoms with Gasteiger partial charge in [-0.2, -0.15) is 0 Å². The Hall–Kier alpha value is -1.26. The number of carboxylic acids is 1. The van der Waals surface area contributed by atoms with Crippen LogP contribution in [-0.4, -0.2) is 28.2 Å². The number of rotatable bonds is 3. The van der Waals surface area contributed by atoms with Gasteiger partial charge in [0.15, 0.2) is 0 Å². The first-order valence-electron chi connectivity index (χ1n) is 6.57. The summed E-state index contributed by atoms with van der Waals surface area (Å²) in [7, 11) is 0. The predicted molar refractivity (Wildman–Crippen MR) is 76.6 cm³/mol. The van der Waals surface area contributed by atoms with Gasteiger partial charge in [0.25, 0.3) is 0 Å². The number of halogens is 1. The summed E-state index contributed by atoms with van der Waals surface area (Å²) < 4.78 is 0. The summed E-state index contributed by atoms with van der Waals surface area (Å²) in [5.74, 6) is -1.00. The highest BCUT2D eigenvalue weighted by molar-refractivity contribution is 6.33. The van der Waals surface area contributed by atoms with Crippen molar-refractivity contribution in [2.75, 3.05) is 5.43 Å². The smallest absolute Gasteiger partial charge is 0.337 e. The van der Waals surface area contributed by atoms with Crippen LogP contribution in [0.1, 0.15) is 43.5 Å². The van der Waals surface area contributed by atoms with Crippen molar-refractivity contribution in [1.29, 1.82) is 0 Å². The van der Waals surface area contributed by atoms with E-state index in [1.165, 1.54) is 12.5 Å². The SMILES string of the molecule is CC1CCCC(C)N1Nc1ccc(C(=O)O)c(Cl)c1. The molecule has 1 aromatic rings. The van der Waals surface area contributed by atoms with Gasteiger partial charge in [-0.25, -0.2) is 9.80 Å². The lowest BCUT2D eigenvalue weighted by Gasteiger charge is -2.39. The zero-order valence-corrected chi connectivity index (χ0v) is 11.9. The fraction of sp³-hybridized carbons (Fsp3) is 0.500. The molecule has 19 heavy (non-hydrogen) atoms. The summed E-state index contributed by atoms with van der Waals surface area (Å²) in [6, 6.07) is 5.87. The van der Waals surface area contributed by atoms with E-state index < -0.39 is 5.97 Å². The van der Waals surface area contributed by atoms with Gasteiger partial charge in [-0.1, -0.05) is 18.0 Å². The van der Waals surface area contributed by atoms with E-state index in [9.17, 15) is 4.79 Å². The van der Waals surface area contributed by atoms with Gasteiger partial charge >= 0.3 is 5.97 Å². The second-order valence-corrected chi connectivity index (χ2v) is 5.55. The van der Waals surface area contributed by atoms with Crippen molar-refractivity contribution in [2.45, 2.75) is 45.2 Å². The Labute approximate surface area is 118 Å². The molecule has 1 aliphatic heterocycles. The molecule has 2 atom stereocenters. The number of piperidine rings is 1. The number of carboxylic acid groups (broad SMARTS) is 1. The molecule has 104 valence electrons. The van der Waals surface area contributed by atoms with Crippen LogP contribution >= 0.6 is 11.6 Å². The lowest BCUT2D eigenvalue weighted by molar-refractivity contribution is 0.0697. The molecule has 0 radical (unpaired) electrons. The van der Waals surface area contributed by atoms with E-state index in [2.05, 4.69) is 24.3 Å². The molecule has 0 bridgehead atoms. The Kier molecular flexibility index (Phi) is 4.32. The Morgan fingerprint density at radius 2 is 2.00 bits per heavy atom. The summed E-state index contributed by atoms with van der Waals surface area (Å²) >= 11 is 5.98. The maximum absolute atomic E-state index is 10.9. The molecule has 1 fully saturated rings. The molecular formula is C14H19ClN2O2. The maximum atomic E-state index is 10.9. The Morgan fingerprint density at radius 1 is 1.37 bits per heavy atom. The first kappa shape index (κ1) is 14.2. The third-order valence-electron chi connectivity index (χ3n) is 3.65. The average Bonchev–Trinajstić information content (AvgIpc) is 2.33. The normalized spacial score (nSPS) is 24.2. The number of anilines is 1. The lowest BCUT2D eigenvalue weighted by Crippen LogP contribution is -2.47. The van der Waals surface area contributed by atoms with E-state index in [0.29, 0.717) is 12.1 Å². The minimum atomic E-state index is -1.00. The van der Waals surface area contributed by atoms with Gasteiger partial charge in [-0.3, -0.25) is 0 Å². The zero-order chi connectivity index (χ0) is 14.0. The van der Waals surface area contributed by atoms with Crippen LogP contribution in [0.25, 0.3) is 0 Å². The number of hydrogen-bond donors (Lipinski definition) is 2. The molecule has 0 saturated carbocycles. The van der Waals surface area contributed by atoms with E-state index in [0.717, 1.165) is 18.5 Å². The molecule has 1 aromatic carbocycles. The molecule has 0 spiro atoms. The fourth-order valence-electron chi connectivity index (χ4n) is 2.55. The number of aromatic carboxylic acids is 1. The summed E-state index contributed by atoms with van der Waals surface area (Å²) in [5.41, 5.74) is 4.30. The molecule has 0 aromatic heterocycles. The molecule has 2 unspecified atom stereocenters. The van der Waals surface area contributed by atoms with E-state index in [4.69, 9.17) is 16.7 Å². The molecule has 2 N–H and O–H groups in total. The highest BCUT2D eigenvalue weighted by Gasteiger charge is 2.24. The summed E-state index contributed by atoms with van der Waals surface area (Å²) in [6.45, 7) is 4.38. The van der Waals surface area contributed by atoms with Crippen LogP contribution in [0.5, 0.6) is 0 Å².